The summed E-state index contributed by atoms with van der Waals surface area (Å²) in [5.41, 5.74) is -1.03. The maximum absolute atomic E-state index is 13.1. The van der Waals surface area contributed by atoms with E-state index >= 15 is 0 Å². The lowest BCUT2D eigenvalue weighted by Crippen LogP contribution is -2.47. The van der Waals surface area contributed by atoms with Gasteiger partial charge in [0.05, 0.1) is 5.60 Å². The molecule has 0 amide bonds. The first kappa shape index (κ1) is 14.1. The first-order valence-corrected chi connectivity index (χ1v) is 8.28. The maximum Gasteiger partial charge on any atom is 0.264 e. The molecule has 3 rings (SSSR count). The average molecular weight is 300 g/mol. The van der Waals surface area contributed by atoms with Crippen molar-refractivity contribution >= 4 is 10.8 Å². The van der Waals surface area contributed by atoms with E-state index < -0.39 is 22.8 Å². The van der Waals surface area contributed by atoms with Crippen LogP contribution in [0.3, 0.4) is 0 Å². The van der Waals surface area contributed by atoms with Crippen LogP contribution >= 0.6 is 0 Å². The fourth-order valence-electron chi connectivity index (χ4n) is 3.61. The van der Waals surface area contributed by atoms with Gasteiger partial charge in [0.15, 0.2) is 0 Å². The highest BCUT2D eigenvalue weighted by atomic mass is 32.2. The molecule has 2 aliphatic rings. The summed E-state index contributed by atoms with van der Waals surface area (Å²) in [5, 5.41) is 10.8. The average Bonchev–Trinajstić information content (AvgIpc) is 2.41. The lowest BCUT2D eigenvalue weighted by molar-refractivity contribution is 0.00249. The summed E-state index contributed by atoms with van der Waals surface area (Å²) < 4.78 is 38.5. The predicted octanol–water partition coefficient (Wildman–Crippen LogP) is 3.28. The first-order chi connectivity index (χ1) is 9.51. The number of hydrogen-bond donors (Lipinski definition) is 1. The van der Waals surface area contributed by atoms with Gasteiger partial charge in [-0.1, -0.05) is 30.7 Å². The molecule has 0 radical (unpaired) electrons. The molecule has 2 atom stereocenters. The summed E-state index contributed by atoms with van der Waals surface area (Å²) >= 11 is 0. The third kappa shape index (κ3) is 2.31. The van der Waals surface area contributed by atoms with E-state index in [2.05, 4.69) is 0 Å². The molecule has 5 heteroatoms. The third-order valence-electron chi connectivity index (χ3n) is 4.54. The Morgan fingerprint density at radius 2 is 1.80 bits per heavy atom. The Hall–Kier alpha value is -0.810. The SMILES string of the molecule is O=S1C2CCCC1CC(O)(c1ccccc1C(F)F)C2. The number of benzene rings is 1. The van der Waals surface area contributed by atoms with Crippen molar-refractivity contribution in [2.45, 2.75) is 54.6 Å². The highest BCUT2D eigenvalue weighted by Crippen LogP contribution is 2.46. The molecule has 1 aromatic rings. The van der Waals surface area contributed by atoms with E-state index in [1.807, 2.05) is 0 Å². The Labute approximate surface area is 119 Å². The van der Waals surface area contributed by atoms with Gasteiger partial charge in [0.2, 0.25) is 0 Å². The van der Waals surface area contributed by atoms with Crippen molar-refractivity contribution in [1.29, 1.82) is 0 Å². The smallest absolute Gasteiger partial charge is 0.264 e. The van der Waals surface area contributed by atoms with Crippen LogP contribution < -0.4 is 0 Å². The molecule has 2 aliphatic heterocycles. The number of halogens is 2. The Morgan fingerprint density at radius 3 is 2.40 bits per heavy atom. The topological polar surface area (TPSA) is 37.3 Å². The molecule has 2 saturated heterocycles. The zero-order valence-electron chi connectivity index (χ0n) is 11.1. The van der Waals surface area contributed by atoms with Crippen molar-refractivity contribution in [3.8, 4) is 0 Å². The van der Waals surface area contributed by atoms with E-state index in [9.17, 15) is 18.1 Å². The minimum atomic E-state index is -2.59. The largest absolute Gasteiger partial charge is 0.385 e. The van der Waals surface area contributed by atoms with E-state index in [4.69, 9.17) is 0 Å². The monoisotopic (exact) mass is 300 g/mol. The number of aliphatic hydroxyl groups is 1. The molecule has 2 heterocycles. The van der Waals surface area contributed by atoms with Crippen LogP contribution in [0.15, 0.2) is 24.3 Å². The van der Waals surface area contributed by atoms with Gasteiger partial charge in [-0.15, -0.1) is 0 Å². The summed E-state index contributed by atoms with van der Waals surface area (Å²) in [6, 6.07) is 6.21. The van der Waals surface area contributed by atoms with Gasteiger partial charge in [0.1, 0.15) is 0 Å². The van der Waals surface area contributed by atoms with Crippen LogP contribution in [0.25, 0.3) is 0 Å². The molecule has 110 valence electrons. The Morgan fingerprint density at radius 1 is 1.20 bits per heavy atom. The lowest BCUT2D eigenvalue weighted by atomic mass is 9.79. The Balaban J connectivity index is 1.99. The van der Waals surface area contributed by atoms with Crippen molar-refractivity contribution in [3.05, 3.63) is 35.4 Å². The van der Waals surface area contributed by atoms with Crippen LogP contribution in [-0.2, 0) is 16.4 Å². The molecular weight excluding hydrogens is 282 g/mol. The minimum Gasteiger partial charge on any atom is -0.385 e. The summed E-state index contributed by atoms with van der Waals surface area (Å²) in [7, 11) is -0.921. The van der Waals surface area contributed by atoms with Gasteiger partial charge in [-0.2, -0.15) is 0 Å². The molecule has 20 heavy (non-hydrogen) atoms. The van der Waals surface area contributed by atoms with E-state index in [0.717, 1.165) is 19.3 Å². The molecule has 2 bridgehead atoms. The van der Waals surface area contributed by atoms with Crippen LogP contribution in [0.5, 0.6) is 0 Å². The van der Waals surface area contributed by atoms with E-state index in [0.29, 0.717) is 18.4 Å². The van der Waals surface area contributed by atoms with Crippen LogP contribution in [0.2, 0.25) is 0 Å². The van der Waals surface area contributed by atoms with Crippen molar-refractivity contribution in [3.63, 3.8) is 0 Å². The Kier molecular flexibility index (Phi) is 3.67. The molecule has 0 aromatic heterocycles. The van der Waals surface area contributed by atoms with Crippen molar-refractivity contribution < 1.29 is 18.1 Å². The summed E-state index contributed by atoms with van der Waals surface area (Å²) in [6.07, 6.45) is 0.736. The summed E-state index contributed by atoms with van der Waals surface area (Å²) in [5.74, 6) is 0. The second-order valence-electron chi connectivity index (χ2n) is 5.83. The predicted molar refractivity (Wildman–Crippen MR) is 74.1 cm³/mol. The van der Waals surface area contributed by atoms with Crippen molar-refractivity contribution in [2.75, 3.05) is 0 Å². The molecular formula is C15H18F2O2S. The van der Waals surface area contributed by atoms with Gasteiger partial charge in [-0.3, -0.25) is 4.21 Å². The number of fused-ring (bicyclic) bond motifs is 2. The molecule has 2 fully saturated rings. The highest BCUT2D eigenvalue weighted by molar-refractivity contribution is 7.86. The maximum atomic E-state index is 13.1. The van der Waals surface area contributed by atoms with Crippen LogP contribution in [0, 0.1) is 0 Å². The standard InChI is InChI=1S/C15H18F2O2S/c16-14(17)12-6-1-2-7-13(12)15(18)8-10-4-3-5-11(9-15)20(10)19/h1-2,6-7,10-11,14,18H,3-5,8-9H2. The second kappa shape index (κ2) is 5.19. The van der Waals surface area contributed by atoms with E-state index in [1.165, 1.54) is 6.07 Å². The van der Waals surface area contributed by atoms with E-state index in [-0.39, 0.29) is 16.1 Å². The normalized spacial score (nSPS) is 37.1. The zero-order chi connectivity index (χ0) is 14.3. The van der Waals surface area contributed by atoms with Crippen LogP contribution in [0.4, 0.5) is 8.78 Å². The second-order valence-corrected chi connectivity index (χ2v) is 7.82. The Bertz CT molecular complexity index is 516. The first-order valence-electron chi connectivity index (χ1n) is 7.00. The molecule has 1 aromatic carbocycles. The third-order valence-corrected chi connectivity index (χ3v) is 6.66. The van der Waals surface area contributed by atoms with Crippen molar-refractivity contribution in [1.82, 2.24) is 0 Å². The molecule has 0 spiro atoms. The lowest BCUT2D eigenvalue weighted by Gasteiger charge is -2.44. The van der Waals surface area contributed by atoms with Crippen molar-refractivity contribution in [2.24, 2.45) is 0 Å². The molecule has 2 nitrogen and oxygen atoms in total. The molecule has 0 aliphatic carbocycles. The van der Waals surface area contributed by atoms with Gasteiger partial charge in [-0.05, 0) is 31.2 Å². The van der Waals surface area contributed by atoms with E-state index in [1.54, 1.807) is 18.2 Å². The minimum absolute atomic E-state index is 0.0572. The fraction of sp³-hybridized carbons (Fsp3) is 0.600. The summed E-state index contributed by atoms with van der Waals surface area (Å²) in [4.78, 5) is 0. The van der Waals surface area contributed by atoms with Gasteiger partial charge < -0.3 is 5.11 Å². The number of alkyl halides is 2. The number of hydrogen-bond acceptors (Lipinski definition) is 2. The van der Waals surface area contributed by atoms with Crippen LogP contribution in [0.1, 0.15) is 49.7 Å². The van der Waals surface area contributed by atoms with Gasteiger partial charge in [0.25, 0.3) is 6.43 Å². The highest BCUT2D eigenvalue weighted by Gasteiger charge is 2.47. The van der Waals surface area contributed by atoms with Gasteiger partial charge in [0, 0.05) is 26.9 Å². The van der Waals surface area contributed by atoms with Gasteiger partial charge in [-0.25, -0.2) is 8.78 Å². The molecule has 0 saturated carbocycles. The molecule has 1 N–H and O–H groups in total. The number of rotatable bonds is 2. The zero-order valence-corrected chi connectivity index (χ0v) is 11.9. The van der Waals surface area contributed by atoms with Gasteiger partial charge >= 0.3 is 0 Å². The fourth-order valence-corrected chi connectivity index (χ4v) is 5.84. The van der Waals surface area contributed by atoms with Crippen LogP contribution in [-0.4, -0.2) is 19.8 Å². The quantitative estimate of drug-likeness (QED) is 0.910. The summed E-state index contributed by atoms with van der Waals surface area (Å²) in [6.45, 7) is 0. The molecule has 2 unspecified atom stereocenters.